The highest BCUT2D eigenvalue weighted by Crippen LogP contribution is 2.38. The monoisotopic (exact) mass is 364 g/mol. The summed E-state index contributed by atoms with van der Waals surface area (Å²) in [5, 5.41) is 0. The molecule has 0 unspecified atom stereocenters. The number of hydrogen-bond donors (Lipinski definition) is 0. The van der Waals surface area contributed by atoms with Crippen LogP contribution in [0.2, 0.25) is 0 Å². The fourth-order valence-corrected chi connectivity index (χ4v) is 5.24. The Morgan fingerprint density at radius 1 is 1.04 bits per heavy atom. The van der Waals surface area contributed by atoms with Crippen LogP contribution in [-0.2, 0) is 11.2 Å². The van der Waals surface area contributed by atoms with E-state index in [-0.39, 0.29) is 17.8 Å². The van der Waals surface area contributed by atoms with Gasteiger partial charge < -0.3 is 9.80 Å². The summed E-state index contributed by atoms with van der Waals surface area (Å²) in [5.74, 6) is 1.28. The molecule has 27 heavy (non-hydrogen) atoms. The molecule has 0 saturated carbocycles. The van der Waals surface area contributed by atoms with E-state index in [0.29, 0.717) is 12.3 Å². The van der Waals surface area contributed by atoms with E-state index >= 15 is 0 Å². The van der Waals surface area contributed by atoms with Crippen molar-refractivity contribution >= 4 is 5.91 Å². The highest BCUT2D eigenvalue weighted by molar-refractivity contribution is 5.78. The zero-order valence-corrected chi connectivity index (χ0v) is 15.5. The number of hydrogen-bond acceptors (Lipinski definition) is 2. The first kappa shape index (κ1) is 16.9. The molecule has 3 nitrogen and oxygen atoms in total. The lowest BCUT2D eigenvalue weighted by atomic mass is 9.80. The van der Waals surface area contributed by atoms with Crippen LogP contribution in [0.25, 0.3) is 0 Å². The molecule has 0 aliphatic carbocycles. The molecule has 4 heterocycles. The molecule has 4 aliphatic rings. The van der Waals surface area contributed by atoms with E-state index < -0.39 is 0 Å². The molecule has 2 aromatic rings. The molecule has 4 aliphatic heterocycles. The SMILES string of the molecule is O=C(C[C@H]1CC2CN(C2)C1)N1CCc2ccccc2[C@@H]1c1ccc(F)cc1. The van der Waals surface area contributed by atoms with Crippen molar-refractivity contribution in [3.63, 3.8) is 0 Å². The average Bonchev–Trinajstić information content (AvgIpc) is 2.67. The maximum Gasteiger partial charge on any atom is 0.223 e. The fraction of sp³-hybridized carbons (Fsp3) is 0.435. The summed E-state index contributed by atoms with van der Waals surface area (Å²) in [6.07, 6.45) is 2.71. The molecule has 1 amide bonds. The van der Waals surface area contributed by atoms with E-state index in [9.17, 15) is 9.18 Å². The van der Waals surface area contributed by atoms with E-state index in [0.717, 1.165) is 31.0 Å². The summed E-state index contributed by atoms with van der Waals surface area (Å²) in [6, 6.07) is 14.9. The number of rotatable bonds is 3. The van der Waals surface area contributed by atoms with Gasteiger partial charge in [0, 0.05) is 32.6 Å². The minimum Gasteiger partial charge on any atom is -0.331 e. The van der Waals surface area contributed by atoms with Gasteiger partial charge in [-0.1, -0.05) is 36.4 Å². The van der Waals surface area contributed by atoms with Gasteiger partial charge in [-0.15, -0.1) is 0 Å². The molecule has 140 valence electrons. The number of nitrogens with zero attached hydrogens (tertiary/aromatic N) is 2. The Bertz CT molecular complexity index is 834. The van der Waals surface area contributed by atoms with E-state index in [1.165, 1.54) is 42.8 Å². The average molecular weight is 364 g/mol. The van der Waals surface area contributed by atoms with Crippen LogP contribution in [0.1, 0.15) is 35.6 Å². The zero-order chi connectivity index (χ0) is 18.4. The quantitative estimate of drug-likeness (QED) is 0.830. The van der Waals surface area contributed by atoms with E-state index in [1.54, 1.807) is 0 Å². The molecular weight excluding hydrogens is 339 g/mol. The summed E-state index contributed by atoms with van der Waals surface area (Å²) < 4.78 is 13.5. The maximum atomic E-state index is 13.5. The molecule has 0 aromatic heterocycles. The first-order valence-corrected chi connectivity index (χ1v) is 10.0. The predicted molar refractivity (Wildman–Crippen MR) is 103 cm³/mol. The molecule has 0 spiro atoms. The molecule has 3 fully saturated rings. The third-order valence-electron chi connectivity index (χ3n) is 6.47. The lowest BCUT2D eigenvalue weighted by Crippen LogP contribution is -2.55. The van der Waals surface area contributed by atoms with Crippen LogP contribution in [0.3, 0.4) is 0 Å². The number of amides is 1. The van der Waals surface area contributed by atoms with Crippen molar-refractivity contribution < 1.29 is 9.18 Å². The van der Waals surface area contributed by atoms with Gasteiger partial charge in [-0.3, -0.25) is 4.79 Å². The summed E-state index contributed by atoms with van der Waals surface area (Å²) in [5.41, 5.74) is 3.46. The normalized spacial score (nSPS) is 29.0. The van der Waals surface area contributed by atoms with Gasteiger partial charge in [-0.25, -0.2) is 4.39 Å². The summed E-state index contributed by atoms with van der Waals surface area (Å²) in [7, 11) is 0. The second-order valence-electron chi connectivity index (χ2n) is 8.38. The van der Waals surface area contributed by atoms with Crippen molar-refractivity contribution in [3.8, 4) is 0 Å². The molecular formula is C23H25FN2O. The molecule has 0 N–H and O–H groups in total. The van der Waals surface area contributed by atoms with Crippen LogP contribution in [-0.4, -0.2) is 41.9 Å². The van der Waals surface area contributed by atoms with Gasteiger partial charge in [0.2, 0.25) is 5.91 Å². The maximum absolute atomic E-state index is 13.5. The lowest BCUT2D eigenvalue weighted by molar-refractivity contribution is -0.135. The van der Waals surface area contributed by atoms with Gasteiger partial charge >= 0.3 is 0 Å². The van der Waals surface area contributed by atoms with Gasteiger partial charge in [0.1, 0.15) is 5.82 Å². The molecule has 3 saturated heterocycles. The highest BCUT2D eigenvalue weighted by atomic mass is 19.1. The molecule has 2 bridgehead atoms. The Morgan fingerprint density at radius 3 is 2.56 bits per heavy atom. The summed E-state index contributed by atoms with van der Waals surface area (Å²) in [6.45, 7) is 4.24. The van der Waals surface area contributed by atoms with Crippen LogP contribution in [0, 0.1) is 17.7 Å². The fourth-order valence-electron chi connectivity index (χ4n) is 5.24. The first-order valence-electron chi connectivity index (χ1n) is 10.0. The van der Waals surface area contributed by atoms with Gasteiger partial charge in [-0.05, 0) is 53.5 Å². The number of piperidine rings is 2. The Hall–Kier alpha value is -2.20. The summed E-state index contributed by atoms with van der Waals surface area (Å²) >= 11 is 0. The minimum atomic E-state index is -0.240. The molecule has 2 aromatic carbocycles. The van der Waals surface area contributed by atoms with Gasteiger partial charge in [0.25, 0.3) is 0 Å². The van der Waals surface area contributed by atoms with Crippen molar-refractivity contribution in [2.45, 2.75) is 25.3 Å². The largest absolute Gasteiger partial charge is 0.331 e. The van der Waals surface area contributed by atoms with Crippen LogP contribution in [0.5, 0.6) is 0 Å². The zero-order valence-electron chi connectivity index (χ0n) is 15.5. The Kier molecular flexibility index (Phi) is 4.24. The van der Waals surface area contributed by atoms with Crippen molar-refractivity contribution in [1.29, 1.82) is 0 Å². The van der Waals surface area contributed by atoms with Crippen molar-refractivity contribution in [3.05, 3.63) is 71.0 Å². The third-order valence-corrected chi connectivity index (χ3v) is 6.47. The third kappa shape index (κ3) is 3.16. The van der Waals surface area contributed by atoms with Crippen LogP contribution in [0.15, 0.2) is 48.5 Å². The molecule has 2 atom stereocenters. The second-order valence-corrected chi connectivity index (χ2v) is 8.38. The Morgan fingerprint density at radius 2 is 1.81 bits per heavy atom. The summed E-state index contributed by atoms with van der Waals surface area (Å²) in [4.78, 5) is 17.8. The highest BCUT2D eigenvalue weighted by Gasteiger charge is 2.39. The van der Waals surface area contributed by atoms with Crippen LogP contribution in [0.4, 0.5) is 4.39 Å². The Labute approximate surface area is 159 Å². The van der Waals surface area contributed by atoms with Crippen LogP contribution < -0.4 is 0 Å². The number of halogens is 1. The van der Waals surface area contributed by atoms with Gasteiger partial charge in [0.05, 0.1) is 6.04 Å². The van der Waals surface area contributed by atoms with E-state index in [4.69, 9.17) is 0 Å². The smallest absolute Gasteiger partial charge is 0.223 e. The predicted octanol–water partition coefficient (Wildman–Crippen LogP) is 3.64. The molecule has 4 heteroatoms. The van der Waals surface area contributed by atoms with E-state index in [1.807, 2.05) is 23.1 Å². The number of benzene rings is 2. The Balaban J connectivity index is 1.43. The standard InChI is InChI=1S/C23H25FN2O/c24-20-7-5-19(6-8-20)23-21-4-2-1-3-18(21)9-10-26(23)22(27)12-16-11-17-14-25(13-16)15-17/h1-8,16-17,23H,9-15H2/t16-,23+/m1/s1. The number of carbonyl (C=O) groups excluding carboxylic acids is 1. The van der Waals surface area contributed by atoms with Crippen molar-refractivity contribution in [2.75, 3.05) is 26.2 Å². The van der Waals surface area contributed by atoms with Gasteiger partial charge in [-0.2, -0.15) is 0 Å². The van der Waals surface area contributed by atoms with Crippen molar-refractivity contribution in [2.24, 2.45) is 11.8 Å². The lowest BCUT2D eigenvalue weighted by Gasteiger charge is -2.48. The minimum absolute atomic E-state index is 0.110. The van der Waals surface area contributed by atoms with Crippen molar-refractivity contribution in [1.82, 2.24) is 9.80 Å². The number of fused-ring (bicyclic) bond motifs is 3. The molecule has 0 radical (unpaired) electrons. The first-order chi connectivity index (χ1) is 13.2. The van der Waals surface area contributed by atoms with Gasteiger partial charge in [0.15, 0.2) is 0 Å². The van der Waals surface area contributed by atoms with E-state index in [2.05, 4.69) is 23.1 Å². The number of carbonyl (C=O) groups is 1. The van der Waals surface area contributed by atoms with Crippen LogP contribution >= 0.6 is 0 Å². The second kappa shape index (κ2) is 6.75. The molecule has 6 rings (SSSR count). The topological polar surface area (TPSA) is 23.6 Å².